The molecule has 4 nitrogen and oxygen atoms in total. The van der Waals surface area contributed by atoms with Crippen molar-refractivity contribution in [1.29, 1.82) is 0 Å². The Bertz CT molecular complexity index is 253. The molecule has 12 heavy (non-hydrogen) atoms. The first-order valence-corrected chi connectivity index (χ1v) is 3.82. The second kappa shape index (κ2) is 4.13. The van der Waals surface area contributed by atoms with Gasteiger partial charge in [0, 0.05) is 24.9 Å². The van der Waals surface area contributed by atoms with Crippen LogP contribution in [0.5, 0.6) is 0 Å². The molecule has 4 heteroatoms. The van der Waals surface area contributed by atoms with E-state index in [0.717, 1.165) is 5.69 Å². The summed E-state index contributed by atoms with van der Waals surface area (Å²) in [5.41, 5.74) is 0.817. The Labute approximate surface area is 70.9 Å². The third-order valence-corrected chi connectivity index (χ3v) is 1.51. The summed E-state index contributed by atoms with van der Waals surface area (Å²) in [6.07, 6.45) is 1.12. The third-order valence-electron chi connectivity index (χ3n) is 1.51. The molecule has 1 unspecified atom stereocenters. The molecule has 0 radical (unpaired) electrons. The van der Waals surface area contributed by atoms with Gasteiger partial charge in [0.25, 0.3) is 0 Å². The first-order valence-electron chi connectivity index (χ1n) is 3.82. The standard InChI is InChI=1S/C8H12N2O2/c1-6-2-4-9-8(10-6)7(12)3-5-11/h2,4,7,11-12H,3,5H2,1H3. The van der Waals surface area contributed by atoms with Crippen molar-refractivity contribution in [2.45, 2.75) is 19.4 Å². The molecule has 1 aromatic rings. The van der Waals surface area contributed by atoms with Crippen LogP contribution in [0.3, 0.4) is 0 Å². The Kier molecular flexibility index (Phi) is 3.13. The molecule has 0 bridgehead atoms. The predicted molar refractivity (Wildman–Crippen MR) is 43.4 cm³/mol. The zero-order valence-corrected chi connectivity index (χ0v) is 6.94. The molecule has 66 valence electrons. The summed E-state index contributed by atoms with van der Waals surface area (Å²) in [5.74, 6) is 0.379. The van der Waals surface area contributed by atoms with Gasteiger partial charge in [0.1, 0.15) is 6.10 Å². The van der Waals surface area contributed by atoms with Gasteiger partial charge in [-0.3, -0.25) is 0 Å². The predicted octanol–water partition coefficient (Wildman–Crippen LogP) is 0.201. The van der Waals surface area contributed by atoms with Crippen molar-refractivity contribution in [3.05, 3.63) is 23.8 Å². The minimum Gasteiger partial charge on any atom is -0.396 e. The Hall–Kier alpha value is -1.00. The Morgan fingerprint density at radius 3 is 2.92 bits per heavy atom. The van der Waals surface area contributed by atoms with Crippen LogP contribution in [-0.2, 0) is 0 Å². The van der Waals surface area contributed by atoms with Gasteiger partial charge in [0.2, 0.25) is 0 Å². The van der Waals surface area contributed by atoms with Crippen LogP contribution in [-0.4, -0.2) is 26.8 Å². The van der Waals surface area contributed by atoms with E-state index in [-0.39, 0.29) is 13.0 Å². The van der Waals surface area contributed by atoms with Crippen molar-refractivity contribution in [1.82, 2.24) is 9.97 Å². The molecule has 0 saturated heterocycles. The lowest BCUT2D eigenvalue weighted by Crippen LogP contribution is -2.05. The van der Waals surface area contributed by atoms with Gasteiger partial charge in [0.05, 0.1) is 0 Å². The number of hydrogen-bond acceptors (Lipinski definition) is 4. The van der Waals surface area contributed by atoms with Crippen LogP contribution >= 0.6 is 0 Å². The summed E-state index contributed by atoms with van der Waals surface area (Å²) < 4.78 is 0. The second-order valence-corrected chi connectivity index (χ2v) is 2.58. The molecule has 2 N–H and O–H groups in total. The Morgan fingerprint density at radius 2 is 2.33 bits per heavy atom. The molecule has 0 aliphatic heterocycles. The molecule has 0 aromatic carbocycles. The van der Waals surface area contributed by atoms with Gasteiger partial charge < -0.3 is 10.2 Å². The number of aliphatic hydroxyl groups excluding tert-OH is 2. The number of aliphatic hydroxyl groups is 2. The molecule has 1 heterocycles. The van der Waals surface area contributed by atoms with Crippen LogP contribution in [0.4, 0.5) is 0 Å². The van der Waals surface area contributed by atoms with Crippen molar-refractivity contribution < 1.29 is 10.2 Å². The summed E-state index contributed by atoms with van der Waals surface area (Å²) in [5, 5.41) is 17.9. The van der Waals surface area contributed by atoms with Gasteiger partial charge >= 0.3 is 0 Å². The average Bonchev–Trinajstić information content (AvgIpc) is 2.05. The molecule has 0 saturated carbocycles. The van der Waals surface area contributed by atoms with Crippen molar-refractivity contribution in [2.24, 2.45) is 0 Å². The molecule has 1 aromatic heterocycles. The second-order valence-electron chi connectivity index (χ2n) is 2.58. The molecule has 0 aliphatic rings. The molecular weight excluding hydrogens is 156 g/mol. The maximum absolute atomic E-state index is 9.36. The number of aryl methyl sites for hydroxylation is 1. The molecule has 0 amide bonds. The molecule has 0 aliphatic carbocycles. The van der Waals surface area contributed by atoms with Gasteiger partial charge in [-0.25, -0.2) is 9.97 Å². The highest BCUT2D eigenvalue weighted by Gasteiger charge is 2.08. The topological polar surface area (TPSA) is 66.2 Å². The molecule has 0 spiro atoms. The van der Waals surface area contributed by atoms with Gasteiger partial charge in [-0.15, -0.1) is 0 Å². The summed E-state index contributed by atoms with van der Waals surface area (Å²) in [6.45, 7) is 1.77. The monoisotopic (exact) mass is 168 g/mol. The van der Waals surface area contributed by atoms with Gasteiger partial charge in [-0.1, -0.05) is 0 Å². The zero-order chi connectivity index (χ0) is 8.97. The number of rotatable bonds is 3. The quantitative estimate of drug-likeness (QED) is 0.676. The van der Waals surface area contributed by atoms with E-state index in [4.69, 9.17) is 5.11 Å². The summed E-state index contributed by atoms with van der Waals surface area (Å²) in [7, 11) is 0. The number of aromatic nitrogens is 2. The van der Waals surface area contributed by atoms with Gasteiger partial charge in [-0.2, -0.15) is 0 Å². The fourth-order valence-corrected chi connectivity index (χ4v) is 0.880. The summed E-state index contributed by atoms with van der Waals surface area (Å²) >= 11 is 0. The summed E-state index contributed by atoms with van der Waals surface area (Å²) in [4.78, 5) is 7.91. The lowest BCUT2D eigenvalue weighted by Gasteiger charge is -2.06. The zero-order valence-electron chi connectivity index (χ0n) is 6.94. The molecule has 0 fully saturated rings. The highest BCUT2D eigenvalue weighted by Crippen LogP contribution is 2.10. The average molecular weight is 168 g/mol. The van der Waals surface area contributed by atoms with Gasteiger partial charge in [0.15, 0.2) is 5.82 Å². The van der Waals surface area contributed by atoms with Crippen LogP contribution in [0.2, 0.25) is 0 Å². The lowest BCUT2D eigenvalue weighted by molar-refractivity contribution is 0.126. The van der Waals surface area contributed by atoms with E-state index in [9.17, 15) is 5.11 Å². The molecular formula is C8H12N2O2. The van der Waals surface area contributed by atoms with E-state index in [1.165, 1.54) is 0 Å². The Morgan fingerprint density at radius 1 is 1.58 bits per heavy atom. The minimum atomic E-state index is -0.755. The van der Waals surface area contributed by atoms with Crippen molar-refractivity contribution in [2.75, 3.05) is 6.61 Å². The fraction of sp³-hybridized carbons (Fsp3) is 0.500. The van der Waals surface area contributed by atoms with E-state index >= 15 is 0 Å². The largest absolute Gasteiger partial charge is 0.396 e. The lowest BCUT2D eigenvalue weighted by atomic mass is 10.2. The normalized spacial score (nSPS) is 12.9. The maximum atomic E-state index is 9.36. The van der Waals surface area contributed by atoms with E-state index in [0.29, 0.717) is 5.82 Å². The first-order chi connectivity index (χ1) is 5.74. The highest BCUT2D eigenvalue weighted by molar-refractivity contribution is 5.01. The third kappa shape index (κ3) is 2.25. The van der Waals surface area contributed by atoms with E-state index in [2.05, 4.69) is 9.97 Å². The van der Waals surface area contributed by atoms with E-state index in [1.807, 2.05) is 6.92 Å². The SMILES string of the molecule is Cc1ccnc(C(O)CCO)n1. The number of hydrogen-bond donors (Lipinski definition) is 2. The van der Waals surface area contributed by atoms with E-state index < -0.39 is 6.10 Å². The smallest absolute Gasteiger partial charge is 0.157 e. The van der Waals surface area contributed by atoms with E-state index in [1.54, 1.807) is 12.3 Å². The van der Waals surface area contributed by atoms with Crippen molar-refractivity contribution >= 4 is 0 Å². The Balaban J connectivity index is 2.73. The van der Waals surface area contributed by atoms with Crippen molar-refractivity contribution in [3.8, 4) is 0 Å². The maximum Gasteiger partial charge on any atom is 0.157 e. The van der Waals surface area contributed by atoms with Crippen LogP contribution in [0.1, 0.15) is 24.0 Å². The molecule has 1 rings (SSSR count). The molecule has 1 atom stereocenters. The van der Waals surface area contributed by atoms with Crippen molar-refractivity contribution in [3.63, 3.8) is 0 Å². The highest BCUT2D eigenvalue weighted by atomic mass is 16.3. The van der Waals surface area contributed by atoms with Crippen LogP contribution < -0.4 is 0 Å². The fourth-order valence-electron chi connectivity index (χ4n) is 0.880. The van der Waals surface area contributed by atoms with Crippen LogP contribution in [0.15, 0.2) is 12.3 Å². The minimum absolute atomic E-state index is 0.0571. The summed E-state index contributed by atoms with van der Waals surface area (Å²) in [6, 6.07) is 1.76. The number of nitrogens with zero attached hydrogens (tertiary/aromatic N) is 2. The van der Waals surface area contributed by atoms with Crippen LogP contribution in [0.25, 0.3) is 0 Å². The van der Waals surface area contributed by atoms with Crippen LogP contribution in [0, 0.1) is 6.92 Å². The van der Waals surface area contributed by atoms with Gasteiger partial charge in [-0.05, 0) is 13.0 Å². The first kappa shape index (κ1) is 9.09.